The van der Waals surface area contributed by atoms with Crippen LogP contribution in [0.2, 0.25) is 0 Å². The molecule has 0 aliphatic heterocycles. The van der Waals surface area contributed by atoms with E-state index in [4.69, 9.17) is 10.9 Å². The molecular weight excluding hydrogens is 290 g/mol. The van der Waals surface area contributed by atoms with Gasteiger partial charge in [-0.05, 0) is 43.5 Å². The Balaban J connectivity index is 1.95. The summed E-state index contributed by atoms with van der Waals surface area (Å²) >= 11 is 0. The minimum Gasteiger partial charge on any atom is -0.397 e. The maximum atomic E-state index is 11.3. The number of nitrogen functional groups attached to an aromatic ring is 1. The topological polar surface area (TPSA) is 127 Å². The van der Waals surface area contributed by atoms with Gasteiger partial charge in [0.15, 0.2) is 0 Å². The molecule has 2 aromatic rings. The first-order valence-corrected chi connectivity index (χ1v) is 8.07. The number of hydrogen-bond acceptors (Lipinski definition) is 5. The minimum absolute atomic E-state index is 0.0462. The molecular formula is C13H19N5O2S. The Morgan fingerprint density at radius 3 is 2.76 bits per heavy atom. The average Bonchev–Trinajstić information content (AvgIpc) is 2.81. The number of nitrogens with two attached hydrogens (primary N) is 2. The predicted octanol–water partition coefficient (Wildman–Crippen LogP) is 0.992. The molecule has 0 bridgehead atoms. The minimum atomic E-state index is -3.72. The van der Waals surface area contributed by atoms with E-state index in [2.05, 4.69) is 15.5 Å². The van der Waals surface area contributed by atoms with Gasteiger partial charge in [-0.25, -0.2) is 13.6 Å². The zero-order valence-corrected chi connectivity index (χ0v) is 12.6. The van der Waals surface area contributed by atoms with Crippen molar-refractivity contribution in [2.24, 2.45) is 5.14 Å². The number of H-pyrrole nitrogens is 1. The lowest BCUT2D eigenvalue weighted by atomic mass is 10.1. The lowest BCUT2D eigenvalue weighted by Crippen LogP contribution is -2.13. The van der Waals surface area contributed by atoms with Gasteiger partial charge in [0.2, 0.25) is 10.0 Å². The van der Waals surface area contributed by atoms with Crippen molar-refractivity contribution in [2.45, 2.75) is 24.7 Å². The van der Waals surface area contributed by atoms with E-state index in [0.29, 0.717) is 17.9 Å². The van der Waals surface area contributed by atoms with Crippen molar-refractivity contribution in [1.29, 1.82) is 0 Å². The number of aromatic nitrogens is 2. The van der Waals surface area contributed by atoms with Crippen molar-refractivity contribution in [2.75, 3.05) is 17.6 Å². The van der Waals surface area contributed by atoms with E-state index >= 15 is 0 Å². The van der Waals surface area contributed by atoms with Gasteiger partial charge in [0.25, 0.3) is 0 Å². The molecule has 0 amide bonds. The standard InChI is InChI=1S/C13H19N5O2S/c1-9-10(8-17-18-9)3-2-6-16-13-7-11(21(15,19)20)4-5-12(13)14/h4-5,7-8,16H,2-3,6,14H2,1H3,(H,17,18)(H2,15,19,20). The van der Waals surface area contributed by atoms with Crippen LogP contribution < -0.4 is 16.2 Å². The monoisotopic (exact) mass is 309 g/mol. The summed E-state index contributed by atoms with van der Waals surface area (Å²) in [7, 11) is -3.72. The maximum absolute atomic E-state index is 11.3. The van der Waals surface area contributed by atoms with Crippen LogP contribution in [-0.2, 0) is 16.4 Å². The SMILES string of the molecule is Cc1[nH]ncc1CCCNc1cc(S(N)(=O)=O)ccc1N. The highest BCUT2D eigenvalue weighted by Crippen LogP contribution is 2.22. The van der Waals surface area contributed by atoms with Gasteiger partial charge in [-0.2, -0.15) is 5.10 Å². The number of rotatable bonds is 6. The molecule has 8 heteroatoms. The second-order valence-corrected chi connectivity index (χ2v) is 6.41. The summed E-state index contributed by atoms with van der Waals surface area (Å²) in [6.45, 7) is 2.65. The van der Waals surface area contributed by atoms with E-state index in [1.807, 2.05) is 13.1 Å². The summed E-state index contributed by atoms with van der Waals surface area (Å²) in [6, 6.07) is 4.38. The van der Waals surface area contributed by atoms with Crippen molar-refractivity contribution < 1.29 is 8.42 Å². The molecule has 21 heavy (non-hydrogen) atoms. The zero-order valence-electron chi connectivity index (χ0n) is 11.8. The van der Waals surface area contributed by atoms with Crippen molar-refractivity contribution in [3.8, 4) is 0 Å². The molecule has 0 saturated heterocycles. The Hall–Kier alpha value is -2.06. The van der Waals surface area contributed by atoms with Gasteiger partial charge in [-0.3, -0.25) is 5.10 Å². The summed E-state index contributed by atoms with van der Waals surface area (Å²) in [5.74, 6) is 0. The van der Waals surface area contributed by atoms with Crippen LogP contribution in [0, 0.1) is 6.92 Å². The van der Waals surface area contributed by atoms with Crippen molar-refractivity contribution in [1.82, 2.24) is 10.2 Å². The summed E-state index contributed by atoms with van der Waals surface area (Å²) in [6.07, 6.45) is 3.56. The maximum Gasteiger partial charge on any atom is 0.238 e. The number of hydrogen-bond donors (Lipinski definition) is 4. The van der Waals surface area contributed by atoms with Gasteiger partial charge >= 0.3 is 0 Å². The number of nitrogens with zero attached hydrogens (tertiary/aromatic N) is 1. The third-order valence-corrected chi connectivity index (χ3v) is 4.14. The molecule has 0 saturated carbocycles. The second kappa shape index (κ2) is 6.15. The number of nitrogens with one attached hydrogen (secondary N) is 2. The van der Waals surface area contributed by atoms with Crippen LogP contribution in [0.25, 0.3) is 0 Å². The van der Waals surface area contributed by atoms with Crippen LogP contribution in [0.5, 0.6) is 0 Å². The Morgan fingerprint density at radius 1 is 1.38 bits per heavy atom. The highest BCUT2D eigenvalue weighted by atomic mass is 32.2. The van der Waals surface area contributed by atoms with Gasteiger partial charge in [-0.1, -0.05) is 0 Å². The smallest absolute Gasteiger partial charge is 0.238 e. The van der Waals surface area contributed by atoms with Gasteiger partial charge < -0.3 is 11.1 Å². The van der Waals surface area contributed by atoms with Crippen molar-refractivity contribution in [3.05, 3.63) is 35.7 Å². The third-order valence-electron chi connectivity index (χ3n) is 3.23. The van der Waals surface area contributed by atoms with Gasteiger partial charge in [-0.15, -0.1) is 0 Å². The number of benzene rings is 1. The first-order valence-electron chi connectivity index (χ1n) is 6.53. The highest BCUT2D eigenvalue weighted by molar-refractivity contribution is 7.89. The molecule has 114 valence electrons. The molecule has 0 unspecified atom stereocenters. The fourth-order valence-electron chi connectivity index (χ4n) is 2.00. The summed E-state index contributed by atoms with van der Waals surface area (Å²) in [5.41, 5.74) is 9.11. The van der Waals surface area contributed by atoms with E-state index in [1.165, 1.54) is 23.8 Å². The highest BCUT2D eigenvalue weighted by Gasteiger charge is 2.10. The Morgan fingerprint density at radius 2 is 2.14 bits per heavy atom. The van der Waals surface area contributed by atoms with Crippen LogP contribution in [-0.4, -0.2) is 25.2 Å². The van der Waals surface area contributed by atoms with Crippen molar-refractivity contribution >= 4 is 21.4 Å². The molecule has 1 aromatic carbocycles. The first kappa shape index (κ1) is 15.3. The normalized spacial score (nSPS) is 11.5. The number of anilines is 2. The lowest BCUT2D eigenvalue weighted by molar-refractivity contribution is 0.598. The van der Waals surface area contributed by atoms with Gasteiger partial charge in [0, 0.05) is 12.2 Å². The zero-order chi connectivity index (χ0) is 15.5. The molecule has 7 nitrogen and oxygen atoms in total. The van der Waals surface area contributed by atoms with Crippen molar-refractivity contribution in [3.63, 3.8) is 0 Å². The first-order chi connectivity index (χ1) is 9.88. The third kappa shape index (κ3) is 3.96. The molecule has 0 aliphatic carbocycles. The van der Waals surface area contributed by atoms with E-state index in [-0.39, 0.29) is 4.90 Å². The van der Waals surface area contributed by atoms with E-state index in [0.717, 1.165) is 18.5 Å². The van der Waals surface area contributed by atoms with Crippen LogP contribution in [0.15, 0.2) is 29.3 Å². The van der Waals surface area contributed by atoms with Gasteiger partial charge in [0.1, 0.15) is 0 Å². The fourth-order valence-corrected chi connectivity index (χ4v) is 2.53. The molecule has 0 atom stereocenters. The Labute approximate surface area is 123 Å². The molecule has 0 aliphatic rings. The quantitative estimate of drug-likeness (QED) is 0.467. The predicted molar refractivity (Wildman–Crippen MR) is 82.4 cm³/mol. The van der Waals surface area contributed by atoms with Crippen LogP contribution in [0.3, 0.4) is 0 Å². The fraction of sp³-hybridized carbons (Fsp3) is 0.308. The summed E-state index contributed by atoms with van der Waals surface area (Å²) in [4.78, 5) is 0.0462. The van der Waals surface area contributed by atoms with E-state index < -0.39 is 10.0 Å². The Kier molecular flexibility index (Phi) is 4.49. The molecule has 2 rings (SSSR count). The molecule has 6 N–H and O–H groups in total. The summed E-state index contributed by atoms with van der Waals surface area (Å²) < 4.78 is 22.6. The molecule has 1 heterocycles. The average molecular weight is 309 g/mol. The number of primary sulfonamides is 1. The number of sulfonamides is 1. The second-order valence-electron chi connectivity index (χ2n) is 4.84. The molecule has 0 spiro atoms. The number of aryl methyl sites for hydroxylation is 2. The summed E-state index contributed by atoms with van der Waals surface area (Å²) in [5, 5.41) is 15.1. The lowest BCUT2D eigenvalue weighted by Gasteiger charge is -2.10. The molecule has 0 radical (unpaired) electrons. The largest absolute Gasteiger partial charge is 0.397 e. The van der Waals surface area contributed by atoms with Crippen LogP contribution in [0.4, 0.5) is 11.4 Å². The molecule has 0 fully saturated rings. The van der Waals surface area contributed by atoms with Crippen LogP contribution >= 0.6 is 0 Å². The Bertz CT molecular complexity index is 724. The van der Waals surface area contributed by atoms with E-state index in [1.54, 1.807) is 0 Å². The van der Waals surface area contributed by atoms with E-state index in [9.17, 15) is 8.42 Å². The van der Waals surface area contributed by atoms with Gasteiger partial charge in [0.05, 0.1) is 22.5 Å². The number of aromatic amines is 1. The molecule has 1 aromatic heterocycles. The van der Waals surface area contributed by atoms with Crippen LogP contribution in [0.1, 0.15) is 17.7 Å².